The summed E-state index contributed by atoms with van der Waals surface area (Å²) < 4.78 is 5.00. The maximum absolute atomic E-state index is 11.4. The van der Waals surface area contributed by atoms with E-state index in [9.17, 15) is 4.79 Å². The van der Waals surface area contributed by atoms with Crippen LogP contribution < -0.4 is 5.32 Å². The minimum absolute atomic E-state index is 0.0846. The zero-order chi connectivity index (χ0) is 12.7. The van der Waals surface area contributed by atoms with Crippen LogP contribution in [0.25, 0.3) is 0 Å². The third kappa shape index (κ3) is 5.04. The van der Waals surface area contributed by atoms with E-state index in [1.807, 2.05) is 6.92 Å². The summed E-state index contributed by atoms with van der Waals surface area (Å²) in [5.74, 6) is -0.0846. The van der Waals surface area contributed by atoms with E-state index in [1.165, 1.54) is 19.3 Å². The van der Waals surface area contributed by atoms with Gasteiger partial charge in [0.1, 0.15) is 0 Å². The molecule has 1 aliphatic heterocycles. The predicted molar refractivity (Wildman–Crippen MR) is 69.0 cm³/mol. The Morgan fingerprint density at radius 2 is 2.24 bits per heavy atom. The first kappa shape index (κ1) is 14.5. The van der Waals surface area contributed by atoms with Gasteiger partial charge >= 0.3 is 5.97 Å². The van der Waals surface area contributed by atoms with Crippen molar-refractivity contribution in [3.8, 4) is 0 Å². The fourth-order valence-corrected chi connectivity index (χ4v) is 2.37. The molecule has 0 aromatic rings. The first-order valence-electron chi connectivity index (χ1n) is 6.73. The average Bonchev–Trinajstić information content (AvgIpc) is 2.56. The zero-order valence-electron chi connectivity index (χ0n) is 11.4. The Morgan fingerprint density at radius 1 is 1.47 bits per heavy atom. The van der Waals surface area contributed by atoms with Crippen molar-refractivity contribution in [2.24, 2.45) is 0 Å². The van der Waals surface area contributed by atoms with E-state index in [0.717, 1.165) is 13.1 Å². The van der Waals surface area contributed by atoms with Crippen LogP contribution in [0.4, 0.5) is 0 Å². The molecule has 0 aromatic carbocycles. The fourth-order valence-electron chi connectivity index (χ4n) is 2.37. The summed E-state index contributed by atoms with van der Waals surface area (Å²) in [7, 11) is 2.12. The second-order valence-electron chi connectivity index (χ2n) is 4.86. The topological polar surface area (TPSA) is 41.6 Å². The molecule has 1 heterocycles. The molecular weight excluding hydrogens is 216 g/mol. The molecule has 100 valence electrons. The van der Waals surface area contributed by atoms with Crippen molar-refractivity contribution in [3.63, 3.8) is 0 Å². The van der Waals surface area contributed by atoms with Gasteiger partial charge in [0.05, 0.1) is 13.0 Å². The largest absolute Gasteiger partial charge is 0.466 e. The highest BCUT2D eigenvalue weighted by Gasteiger charge is 2.22. The molecule has 2 atom stereocenters. The van der Waals surface area contributed by atoms with Crippen molar-refractivity contribution in [1.29, 1.82) is 0 Å². The second-order valence-corrected chi connectivity index (χ2v) is 4.86. The Labute approximate surface area is 105 Å². The molecule has 0 aromatic heterocycles. The summed E-state index contributed by atoms with van der Waals surface area (Å²) in [5, 5.41) is 3.41. The van der Waals surface area contributed by atoms with E-state index in [1.54, 1.807) is 0 Å². The van der Waals surface area contributed by atoms with Gasteiger partial charge < -0.3 is 15.0 Å². The maximum Gasteiger partial charge on any atom is 0.307 e. The minimum atomic E-state index is -0.0846. The highest BCUT2D eigenvalue weighted by Crippen LogP contribution is 2.16. The monoisotopic (exact) mass is 242 g/mol. The molecule has 0 spiro atoms. The van der Waals surface area contributed by atoms with Crippen LogP contribution in [0.2, 0.25) is 0 Å². The number of rotatable bonds is 5. The van der Waals surface area contributed by atoms with Crippen molar-refractivity contribution in [1.82, 2.24) is 10.2 Å². The molecule has 0 saturated carbocycles. The SMILES string of the molecule is CCOC(=O)CC(C)N(C)C1CCCNCC1. The van der Waals surface area contributed by atoms with Gasteiger partial charge in [-0.05, 0) is 53.2 Å². The predicted octanol–water partition coefficient (Wildman–Crippen LogP) is 1.40. The van der Waals surface area contributed by atoms with Crippen LogP contribution in [0.1, 0.15) is 39.5 Å². The molecule has 1 fully saturated rings. The number of ether oxygens (including phenoxy) is 1. The summed E-state index contributed by atoms with van der Waals surface area (Å²) in [4.78, 5) is 13.8. The van der Waals surface area contributed by atoms with Gasteiger partial charge in [-0.25, -0.2) is 0 Å². The molecule has 17 heavy (non-hydrogen) atoms. The number of carbonyl (C=O) groups is 1. The summed E-state index contributed by atoms with van der Waals surface area (Å²) >= 11 is 0. The number of hydrogen-bond acceptors (Lipinski definition) is 4. The highest BCUT2D eigenvalue weighted by molar-refractivity contribution is 5.70. The lowest BCUT2D eigenvalue weighted by molar-refractivity contribution is -0.144. The lowest BCUT2D eigenvalue weighted by atomic mass is 10.1. The Balaban J connectivity index is 2.38. The highest BCUT2D eigenvalue weighted by atomic mass is 16.5. The van der Waals surface area contributed by atoms with Crippen molar-refractivity contribution in [2.75, 3.05) is 26.7 Å². The molecule has 1 N–H and O–H groups in total. The Hall–Kier alpha value is -0.610. The van der Waals surface area contributed by atoms with Crippen molar-refractivity contribution in [2.45, 2.75) is 51.6 Å². The van der Waals surface area contributed by atoms with E-state index in [4.69, 9.17) is 4.74 Å². The van der Waals surface area contributed by atoms with Crippen molar-refractivity contribution < 1.29 is 9.53 Å². The quantitative estimate of drug-likeness (QED) is 0.740. The molecule has 4 heteroatoms. The van der Waals surface area contributed by atoms with Gasteiger partial charge in [-0.3, -0.25) is 4.79 Å². The summed E-state index contributed by atoms with van der Waals surface area (Å²) in [6.45, 7) is 6.64. The van der Waals surface area contributed by atoms with E-state index >= 15 is 0 Å². The lowest BCUT2D eigenvalue weighted by Crippen LogP contribution is -2.40. The normalized spacial score (nSPS) is 23.2. The number of nitrogens with one attached hydrogen (secondary N) is 1. The van der Waals surface area contributed by atoms with Gasteiger partial charge in [-0.1, -0.05) is 0 Å². The number of carbonyl (C=O) groups excluding carboxylic acids is 1. The third-order valence-electron chi connectivity index (χ3n) is 3.58. The molecule has 2 unspecified atom stereocenters. The van der Waals surface area contributed by atoms with Crippen molar-refractivity contribution >= 4 is 5.97 Å². The second kappa shape index (κ2) is 7.67. The van der Waals surface area contributed by atoms with Gasteiger partial charge in [0.25, 0.3) is 0 Å². The Kier molecular flexibility index (Phi) is 6.52. The number of hydrogen-bond donors (Lipinski definition) is 1. The van der Waals surface area contributed by atoms with Crippen LogP contribution in [-0.2, 0) is 9.53 Å². The van der Waals surface area contributed by atoms with Crippen LogP contribution in [0.3, 0.4) is 0 Å². The van der Waals surface area contributed by atoms with Crippen LogP contribution >= 0.6 is 0 Å². The third-order valence-corrected chi connectivity index (χ3v) is 3.58. The average molecular weight is 242 g/mol. The van der Waals surface area contributed by atoms with Crippen molar-refractivity contribution in [3.05, 3.63) is 0 Å². The molecule has 0 bridgehead atoms. The molecular formula is C13H26N2O2. The lowest BCUT2D eigenvalue weighted by Gasteiger charge is -2.32. The van der Waals surface area contributed by atoms with E-state index in [0.29, 0.717) is 19.1 Å². The van der Waals surface area contributed by atoms with Gasteiger partial charge in [-0.15, -0.1) is 0 Å². The van der Waals surface area contributed by atoms with Crippen LogP contribution in [0, 0.1) is 0 Å². The first-order chi connectivity index (χ1) is 8.15. The van der Waals surface area contributed by atoms with Gasteiger partial charge in [-0.2, -0.15) is 0 Å². The Bertz CT molecular complexity index is 225. The van der Waals surface area contributed by atoms with Gasteiger partial charge in [0, 0.05) is 12.1 Å². The summed E-state index contributed by atoms with van der Waals surface area (Å²) in [6.07, 6.45) is 4.11. The van der Waals surface area contributed by atoms with Gasteiger partial charge in [0.2, 0.25) is 0 Å². The van der Waals surface area contributed by atoms with E-state index in [-0.39, 0.29) is 12.0 Å². The van der Waals surface area contributed by atoms with Crippen LogP contribution in [0.5, 0.6) is 0 Å². The maximum atomic E-state index is 11.4. The van der Waals surface area contributed by atoms with E-state index < -0.39 is 0 Å². The van der Waals surface area contributed by atoms with Gasteiger partial charge in [0.15, 0.2) is 0 Å². The van der Waals surface area contributed by atoms with Crippen LogP contribution in [0.15, 0.2) is 0 Å². The number of nitrogens with zero attached hydrogens (tertiary/aromatic N) is 1. The number of esters is 1. The molecule has 4 nitrogen and oxygen atoms in total. The summed E-state index contributed by atoms with van der Waals surface area (Å²) in [5.41, 5.74) is 0. The molecule has 0 aliphatic carbocycles. The summed E-state index contributed by atoms with van der Waals surface area (Å²) in [6, 6.07) is 0.853. The zero-order valence-corrected chi connectivity index (χ0v) is 11.4. The minimum Gasteiger partial charge on any atom is -0.466 e. The smallest absolute Gasteiger partial charge is 0.307 e. The molecule has 0 radical (unpaired) electrons. The molecule has 1 rings (SSSR count). The van der Waals surface area contributed by atoms with E-state index in [2.05, 4.69) is 24.2 Å². The molecule has 0 amide bonds. The van der Waals surface area contributed by atoms with Crippen LogP contribution in [-0.4, -0.2) is 49.7 Å². The Morgan fingerprint density at radius 3 is 2.94 bits per heavy atom. The fraction of sp³-hybridized carbons (Fsp3) is 0.923. The standard InChI is InChI=1S/C13H26N2O2/c1-4-17-13(16)10-11(2)15(3)12-6-5-8-14-9-7-12/h11-12,14H,4-10H2,1-3H3. The molecule has 1 aliphatic rings. The first-order valence-corrected chi connectivity index (χ1v) is 6.73. The molecule has 1 saturated heterocycles.